The van der Waals surface area contributed by atoms with Crippen LogP contribution in [0.25, 0.3) is 60.9 Å². The van der Waals surface area contributed by atoms with E-state index in [0.717, 1.165) is 17.1 Å². The molecule has 0 saturated heterocycles. The van der Waals surface area contributed by atoms with Crippen LogP contribution in [0.4, 0.5) is 34.1 Å². The average Bonchev–Trinajstić information content (AvgIpc) is 3.72. The summed E-state index contributed by atoms with van der Waals surface area (Å²) in [5.74, 6) is 0. The molecule has 2 aliphatic rings. The molecule has 2 aliphatic heterocycles. The first-order chi connectivity index (χ1) is 31.8. The van der Waals surface area contributed by atoms with Gasteiger partial charge in [-0.15, -0.1) is 0 Å². The van der Waals surface area contributed by atoms with Gasteiger partial charge in [-0.2, -0.15) is 0 Å². The summed E-state index contributed by atoms with van der Waals surface area (Å²) in [4.78, 5) is 5.08. The SMILES string of the molecule is c1ccc(-c2cccc(N3c4ccc(-c5ccccc5)cc4B4c5ccc6c(c5N(c5cccc(-c7ccccc7)c5)c5cccc3c54)c3ccccc3n6-c3ccccc3)c2)cc1. The van der Waals surface area contributed by atoms with Crippen LogP contribution in [0.2, 0.25) is 0 Å². The zero-order valence-corrected chi connectivity index (χ0v) is 35.0. The highest BCUT2D eigenvalue weighted by Gasteiger charge is 2.44. The van der Waals surface area contributed by atoms with E-state index >= 15 is 0 Å². The molecule has 0 saturated carbocycles. The van der Waals surface area contributed by atoms with Crippen molar-refractivity contribution in [3.05, 3.63) is 243 Å². The third-order valence-electron chi connectivity index (χ3n) is 13.3. The molecule has 3 heterocycles. The van der Waals surface area contributed by atoms with E-state index in [9.17, 15) is 0 Å². The van der Waals surface area contributed by atoms with Gasteiger partial charge in [-0.05, 0) is 116 Å². The van der Waals surface area contributed by atoms with E-state index in [4.69, 9.17) is 0 Å². The van der Waals surface area contributed by atoms with Crippen molar-refractivity contribution in [3.63, 3.8) is 0 Å². The topological polar surface area (TPSA) is 11.4 Å². The molecule has 0 spiro atoms. The lowest BCUT2D eigenvalue weighted by molar-refractivity contribution is 1.18. The molecule has 298 valence electrons. The zero-order valence-electron chi connectivity index (χ0n) is 35.0. The molecule has 0 fully saturated rings. The summed E-state index contributed by atoms with van der Waals surface area (Å²) in [5.41, 5.74) is 21.6. The van der Waals surface area contributed by atoms with Crippen LogP contribution in [-0.4, -0.2) is 11.3 Å². The molecule has 0 aliphatic carbocycles. The number of aromatic nitrogens is 1. The van der Waals surface area contributed by atoms with Gasteiger partial charge < -0.3 is 14.4 Å². The van der Waals surface area contributed by atoms with Crippen LogP contribution < -0.4 is 26.2 Å². The van der Waals surface area contributed by atoms with Crippen molar-refractivity contribution in [3.8, 4) is 39.1 Å². The maximum atomic E-state index is 2.58. The molecule has 64 heavy (non-hydrogen) atoms. The highest BCUT2D eigenvalue weighted by Crippen LogP contribution is 2.49. The Labute approximate surface area is 373 Å². The molecule has 0 atom stereocenters. The average molecular weight is 814 g/mol. The van der Waals surface area contributed by atoms with Gasteiger partial charge in [0.05, 0.1) is 16.7 Å². The van der Waals surface area contributed by atoms with E-state index < -0.39 is 0 Å². The Bertz CT molecular complexity index is 3560. The predicted octanol–water partition coefficient (Wildman–Crippen LogP) is 13.9. The van der Waals surface area contributed by atoms with Gasteiger partial charge in [0, 0.05) is 44.9 Å². The monoisotopic (exact) mass is 813 g/mol. The zero-order chi connectivity index (χ0) is 42.1. The van der Waals surface area contributed by atoms with Gasteiger partial charge in [-0.25, -0.2) is 0 Å². The number of benzene rings is 10. The summed E-state index contributed by atoms with van der Waals surface area (Å²) in [7, 11) is 0. The molecule has 0 N–H and O–H groups in total. The van der Waals surface area contributed by atoms with Crippen LogP contribution in [0, 0.1) is 0 Å². The van der Waals surface area contributed by atoms with Gasteiger partial charge in [0.2, 0.25) is 0 Å². The normalized spacial score (nSPS) is 12.6. The number of nitrogens with zero attached hydrogens (tertiary/aromatic N) is 3. The molecular weight excluding hydrogens is 773 g/mol. The molecule has 10 aromatic carbocycles. The fourth-order valence-corrected chi connectivity index (χ4v) is 10.6. The van der Waals surface area contributed by atoms with Gasteiger partial charge in [0.15, 0.2) is 0 Å². The van der Waals surface area contributed by atoms with E-state index in [2.05, 4.69) is 257 Å². The standard InChI is InChI=1S/C60H40BN3/c1-5-18-41(19-6-1)44-24-15-28-48(38-44)63-54-36-34-46(43-22-9-3-10-23-43)40-52(54)61-51-35-37-55-58(50-30-13-14-31-53(50)62(55)47-26-11-4-12-27-47)60(51)64(57-33-17-32-56(63)59(57)61)49-29-16-25-45(39-49)42-20-7-2-8-21-42/h1-40H. The molecule has 0 amide bonds. The fraction of sp³-hybridized carbons (Fsp3) is 0. The van der Waals surface area contributed by atoms with Crippen molar-refractivity contribution in [2.75, 3.05) is 9.80 Å². The van der Waals surface area contributed by atoms with Crippen LogP contribution >= 0.6 is 0 Å². The largest absolute Gasteiger partial charge is 0.311 e. The lowest BCUT2D eigenvalue weighted by atomic mass is 9.33. The van der Waals surface area contributed by atoms with Crippen LogP contribution in [0.1, 0.15) is 0 Å². The highest BCUT2D eigenvalue weighted by atomic mass is 15.2. The smallest absolute Gasteiger partial charge is 0.252 e. The van der Waals surface area contributed by atoms with Crippen molar-refractivity contribution in [2.45, 2.75) is 0 Å². The van der Waals surface area contributed by atoms with Crippen LogP contribution in [0.15, 0.2) is 243 Å². The number of hydrogen-bond acceptors (Lipinski definition) is 2. The summed E-state index contributed by atoms with van der Waals surface area (Å²) in [6.45, 7) is -0.0507. The molecule has 13 rings (SSSR count). The summed E-state index contributed by atoms with van der Waals surface area (Å²) in [6.07, 6.45) is 0. The number of fused-ring (bicyclic) bond motifs is 8. The first-order valence-corrected chi connectivity index (χ1v) is 22.1. The minimum atomic E-state index is -0.0507. The number of rotatable bonds is 6. The Morgan fingerprint density at radius 3 is 1.44 bits per heavy atom. The highest BCUT2D eigenvalue weighted by molar-refractivity contribution is 7.00. The fourth-order valence-electron chi connectivity index (χ4n) is 10.6. The predicted molar refractivity (Wildman–Crippen MR) is 271 cm³/mol. The molecular formula is C60H40BN3. The van der Waals surface area contributed by atoms with Crippen molar-refractivity contribution < 1.29 is 0 Å². The van der Waals surface area contributed by atoms with Crippen molar-refractivity contribution in [2.24, 2.45) is 0 Å². The molecule has 11 aromatic rings. The molecule has 4 heteroatoms. The van der Waals surface area contributed by atoms with Gasteiger partial charge in [0.25, 0.3) is 6.71 Å². The second kappa shape index (κ2) is 14.6. The summed E-state index contributed by atoms with van der Waals surface area (Å²) >= 11 is 0. The Kier molecular flexibility index (Phi) is 8.32. The minimum absolute atomic E-state index is 0.0507. The Morgan fingerprint density at radius 2 is 0.797 bits per heavy atom. The Hall–Kier alpha value is -8.34. The lowest BCUT2D eigenvalue weighted by Crippen LogP contribution is -2.61. The number of hydrogen-bond donors (Lipinski definition) is 0. The number of anilines is 6. The number of para-hydroxylation sites is 2. The van der Waals surface area contributed by atoms with Crippen molar-refractivity contribution in [1.29, 1.82) is 0 Å². The second-order valence-electron chi connectivity index (χ2n) is 16.9. The van der Waals surface area contributed by atoms with E-state index in [1.807, 2.05) is 0 Å². The summed E-state index contributed by atoms with van der Waals surface area (Å²) in [6, 6.07) is 89.1. The van der Waals surface area contributed by atoms with Gasteiger partial charge in [-0.1, -0.05) is 176 Å². The minimum Gasteiger partial charge on any atom is -0.311 e. The third kappa shape index (κ3) is 5.63. The van der Waals surface area contributed by atoms with Crippen LogP contribution in [0.5, 0.6) is 0 Å². The summed E-state index contributed by atoms with van der Waals surface area (Å²) in [5, 5.41) is 2.48. The van der Waals surface area contributed by atoms with E-state index in [1.54, 1.807) is 0 Å². The molecule has 3 nitrogen and oxygen atoms in total. The van der Waals surface area contributed by atoms with E-state index in [-0.39, 0.29) is 6.71 Å². The first-order valence-electron chi connectivity index (χ1n) is 22.1. The van der Waals surface area contributed by atoms with E-state index in [1.165, 1.54) is 94.3 Å². The van der Waals surface area contributed by atoms with Gasteiger partial charge in [0.1, 0.15) is 0 Å². The first kappa shape index (κ1) is 36.3. The Morgan fingerprint density at radius 1 is 0.297 bits per heavy atom. The maximum absolute atomic E-state index is 2.58. The second-order valence-corrected chi connectivity index (χ2v) is 16.9. The van der Waals surface area contributed by atoms with Crippen LogP contribution in [0.3, 0.4) is 0 Å². The molecule has 1 aromatic heterocycles. The maximum Gasteiger partial charge on any atom is 0.252 e. The van der Waals surface area contributed by atoms with Crippen molar-refractivity contribution in [1.82, 2.24) is 4.57 Å². The van der Waals surface area contributed by atoms with Crippen molar-refractivity contribution >= 4 is 79.0 Å². The van der Waals surface area contributed by atoms with Gasteiger partial charge in [-0.3, -0.25) is 0 Å². The third-order valence-corrected chi connectivity index (χ3v) is 13.3. The van der Waals surface area contributed by atoms with E-state index in [0.29, 0.717) is 0 Å². The quantitative estimate of drug-likeness (QED) is 0.155. The Balaban J connectivity index is 1.14. The molecule has 0 unspecified atom stereocenters. The molecule has 0 radical (unpaired) electrons. The summed E-state index contributed by atoms with van der Waals surface area (Å²) < 4.78 is 2.44. The molecule has 0 bridgehead atoms. The van der Waals surface area contributed by atoms with Gasteiger partial charge >= 0.3 is 0 Å². The lowest BCUT2D eigenvalue weighted by Gasteiger charge is -2.44. The van der Waals surface area contributed by atoms with Crippen LogP contribution in [-0.2, 0) is 0 Å².